The summed E-state index contributed by atoms with van der Waals surface area (Å²) < 4.78 is 43.9. The van der Waals surface area contributed by atoms with Crippen LogP contribution in [0.5, 0.6) is 0 Å². The fraction of sp³-hybridized carbons (Fsp3) is 1.00. The maximum Gasteiger partial charge on any atom is 0.264 e. The van der Waals surface area contributed by atoms with Gasteiger partial charge < -0.3 is 19.9 Å². The van der Waals surface area contributed by atoms with Crippen LogP contribution in [-0.2, 0) is 28.5 Å². The minimum absolute atomic E-state index is 0.139. The van der Waals surface area contributed by atoms with Crippen molar-refractivity contribution in [1.82, 2.24) is 0 Å². The van der Waals surface area contributed by atoms with Gasteiger partial charge in [-0.05, 0) is 13.8 Å². The van der Waals surface area contributed by atoms with Gasteiger partial charge in [0.25, 0.3) is 10.1 Å². The Labute approximate surface area is 100 Å². The first-order valence-electron chi connectivity index (χ1n) is 5.31. The second-order valence-corrected chi connectivity index (χ2v) is 6.24. The van der Waals surface area contributed by atoms with Crippen molar-refractivity contribution in [2.24, 2.45) is 5.73 Å². The highest BCUT2D eigenvalue weighted by Gasteiger charge is 2.56. The number of rotatable bonds is 3. The van der Waals surface area contributed by atoms with Gasteiger partial charge in [0.1, 0.15) is 18.3 Å². The molecule has 0 amide bonds. The summed E-state index contributed by atoms with van der Waals surface area (Å²) in [5, 5.41) is 0. The summed E-state index contributed by atoms with van der Waals surface area (Å²) in [7, 11) is -3.60. The molecule has 2 saturated heterocycles. The van der Waals surface area contributed by atoms with Crippen LogP contribution in [0.4, 0.5) is 0 Å². The van der Waals surface area contributed by atoms with Crippen molar-refractivity contribution in [3.8, 4) is 0 Å². The van der Waals surface area contributed by atoms with Crippen molar-refractivity contribution >= 4 is 10.1 Å². The van der Waals surface area contributed by atoms with Crippen LogP contribution in [0.1, 0.15) is 13.8 Å². The van der Waals surface area contributed by atoms with Gasteiger partial charge in [-0.25, -0.2) is 0 Å². The molecule has 17 heavy (non-hydrogen) atoms. The van der Waals surface area contributed by atoms with Crippen molar-refractivity contribution in [2.75, 3.05) is 12.8 Å². The Balaban J connectivity index is 2.16. The maximum atomic E-state index is 11.2. The van der Waals surface area contributed by atoms with Crippen molar-refractivity contribution in [1.29, 1.82) is 0 Å². The topological polar surface area (TPSA) is 97.1 Å². The van der Waals surface area contributed by atoms with E-state index >= 15 is 0 Å². The highest BCUT2D eigenvalue weighted by atomic mass is 32.2. The Kier molecular flexibility index (Phi) is 3.22. The summed E-state index contributed by atoms with van der Waals surface area (Å²) in [5.74, 6) is -0.811. The van der Waals surface area contributed by atoms with Gasteiger partial charge in [0, 0.05) is 6.54 Å². The zero-order valence-electron chi connectivity index (χ0n) is 9.95. The number of nitrogens with two attached hydrogens (primary N) is 1. The summed E-state index contributed by atoms with van der Waals surface area (Å²) in [4.78, 5) is 0. The zero-order chi connectivity index (χ0) is 12.8. The molecule has 2 rings (SSSR count). The highest BCUT2D eigenvalue weighted by molar-refractivity contribution is 7.86. The van der Waals surface area contributed by atoms with E-state index in [4.69, 9.17) is 24.1 Å². The molecule has 100 valence electrons. The Hall–Kier alpha value is -0.250. The molecule has 2 fully saturated rings. The zero-order valence-corrected chi connectivity index (χ0v) is 10.8. The third kappa shape index (κ3) is 2.78. The molecular formula is C9H17NO6S. The van der Waals surface area contributed by atoms with Crippen molar-refractivity contribution < 1.29 is 26.8 Å². The van der Waals surface area contributed by atoms with E-state index in [0.29, 0.717) is 0 Å². The minimum Gasteiger partial charge on any atom is -0.342 e. The summed E-state index contributed by atoms with van der Waals surface area (Å²) >= 11 is 0. The molecule has 2 heterocycles. The van der Waals surface area contributed by atoms with Gasteiger partial charge in [0.05, 0.1) is 6.26 Å². The van der Waals surface area contributed by atoms with Gasteiger partial charge in [-0.2, -0.15) is 8.42 Å². The van der Waals surface area contributed by atoms with Crippen LogP contribution < -0.4 is 5.73 Å². The SMILES string of the molecule is CC1(C)OC2OC(CN)C(OS(C)(=O)=O)C2O1. The lowest BCUT2D eigenvalue weighted by Crippen LogP contribution is -2.41. The lowest BCUT2D eigenvalue weighted by atomic mass is 10.1. The van der Waals surface area contributed by atoms with E-state index in [1.807, 2.05) is 0 Å². The minimum atomic E-state index is -3.60. The van der Waals surface area contributed by atoms with Crippen LogP contribution in [0.25, 0.3) is 0 Å². The number of hydrogen-bond acceptors (Lipinski definition) is 7. The Morgan fingerprint density at radius 2 is 2.00 bits per heavy atom. The van der Waals surface area contributed by atoms with Gasteiger partial charge in [0.2, 0.25) is 0 Å². The average molecular weight is 267 g/mol. The third-order valence-corrected chi connectivity index (χ3v) is 3.18. The number of ether oxygens (including phenoxy) is 3. The van der Waals surface area contributed by atoms with E-state index < -0.39 is 40.5 Å². The molecule has 0 aliphatic carbocycles. The molecule has 8 heteroatoms. The van der Waals surface area contributed by atoms with Crippen molar-refractivity contribution in [3.05, 3.63) is 0 Å². The average Bonchev–Trinajstić information content (AvgIpc) is 2.58. The van der Waals surface area contributed by atoms with Crippen LogP contribution in [0.3, 0.4) is 0 Å². The van der Waals surface area contributed by atoms with Crippen LogP contribution in [0.15, 0.2) is 0 Å². The van der Waals surface area contributed by atoms with Crippen molar-refractivity contribution in [3.63, 3.8) is 0 Å². The fourth-order valence-corrected chi connectivity index (χ4v) is 2.69. The second-order valence-electron chi connectivity index (χ2n) is 4.64. The molecule has 2 aliphatic heterocycles. The maximum absolute atomic E-state index is 11.2. The van der Waals surface area contributed by atoms with Gasteiger partial charge in [-0.1, -0.05) is 0 Å². The monoisotopic (exact) mass is 267 g/mol. The molecule has 4 unspecified atom stereocenters. The van der Waals surface area contributed by atoms with E-state index in [1.165, 1.54) is 0 Å². The molecule has 4 atom stereocenters. The Morgan fingerprint density at radius 3 is 2.53 bits per heavy atom. The standard InChI is InChI=1S/C9H17NO6S/c1-9(2)14-7-6(16-17(3,11)12)5(4-10)13-8(7)15-9/h5-8H,4,10H2,1-3H3. The summed E-state index contributed by atoms with van der Waals surface area (Å²) in [6.45, 7) is 3.59. The molecule has 0 aromatic heterocycles. The first kappa shape index (κ1) is 13.2. The predicted octanol–water partition coefficient (Wildman–Crippen LogP) is -0.834. The van der Waals surface area contributed by atoms with Gasteiger partial charge >= 0.3 is 0 Å². The third-order valence-electron chi connectivity index (χ3n) is 2.61. The first-order valence-corrected chi connectivity index (χ1v) is 7.13. The van der Waals surface area contributed by atoms with Crippen molar-refractivity contribution in [2.45, 2.75) is 44.2 Å². The lowest BCUT2D eigenvalue weighted by Gasteiger charge is -2.24. The van der Waals surface area contributed by atoms with E-state index in [1.54, 1.807) is 13.8 Å². The smallest absolute Gasteiger partial charge is 0.264 e. The molecule has 0 spiro atoms. The highest BCUT2D eigenvalue weighted by Crippen LogP contribution is 2.38. The molecule has 7 nitrogen and oxygen atoms in total. The number of fused-ring (bicyclic) bond motifs is 1. The molecule has 0 radical (unpaired) electrons. The molecule has 0 saturated carbocycles. The quantitative estimate of drug-likeness (QED) is 0.666. The molecule has 0 aromatic rings. The first-order chi connectivity index (χ1) is 7.72. The van der Waals surface area contributed by atoms with E-state index in [0.717, 1.165) is 6.26 Å². The van der Waals surface area contributed by atoms with Crippen LogP contribution in [0, 0.1) is 0 Å². The summed E-state index contributed by atoms with van der Waals surface area (Å²) in [6, 6.07) is 0. The summed E-state index contributed by atoms with van der Waals surface area (Å²) in [6.07, 6.45) is -1.54. The fourth-order valence-electron chi connectivity index (χ4n) is 2.05. The van der Waals surface area contributed by atoms with Crippen LogP contribution in [0.2, 0.25) is 0 Å². The molecule has 0 bridgehead atoms. The van der Waals surface area contributed by atoms with Crippen LogP contribution >= 0.6 is 0 Å². The van der Waals surface area contributed by atoms with E-state index in [2.05, 4.69) is 0 Å². The van der Waals surface area contributed by atoms with Gasteiger partial charge in [-0.3, -0.25) is 4.18 Å². The second kappa shape index (κ2) is 4.15. The Bertz CT molecular complexity index is 394. The van der Waals surface area contributed by atoms with E-state index in [9.17, 15) is 8.42 Å². The van der Waals surface area contributed by atoms with E-state index in [-0.39, 0.29) is 6.54 Å². The largest absolute Gasteiger partial charge is 0.342 e. The van der Waals surface area contributed by atoms with Gasteiger partial charge in [-0.15, -0.1) is 0 Å². The predicted molar refractivity (Wildman–Crippen MR) is 57.5 cm³/mol. The Morgan fingerprint density at radius 1 is 1.35 bits per heavy atom. The molecule has 2 N–H and O–H groups in total. The molecular weight excluding hydrogens is 250 g/mol. The van der Waals surface area contributed by atoms with Gasteiger partial charge in [0.15, 0.2) is 12.1 Å². The lowest BCUT2D eigenvalue weighted by molar-refractivity contribution is -0.211. The number of hydrogen-bond donors (Lipinski definition) is 1. The normalized spacial score (nSPS) is 40.5. The van der Waals surface area contributed by atoms with Crippen LogP contribution in [-0.4, -0.2) is 51.6 Å². The summed E-state index contributed by atoms with van der Waals surface area (Å²) in [5.41, 5.74) is 5.50. The molecule has 2 aliphatic rings. The molecule has 0 aromatic carbocycles.